The van der Waals surface area contributed by atoms with Crippen LogP contribution in [0.5, 0.6) is 11.5 Å². The van der Waals surface area contributed by atoms with Crippen LogP contribution in [0, 0.1) is 0 Å². The Balaban J connectivity index is 1.95. The second-order valence-corrected chi connectivity index (χ2v) is 4.40. The molecule has 0 radical (unpaired) electrons. The molecule has 0 saturated heterocycles. The molecule has 0 bridgehead atoms. The maximum Gasteiger partial charge on any atom is 0.174 e. The summed E-state index contributed by atoms with van der Waals surface area (Å²) >= 11 is 0. The Morgan fingerprint density at radius 1 is 1.20 bits per heavy atom. The highest BCUT2D eigenvalue weighted by Gasteiger charge is 2.07. The molecule has 108 valence electrons. The third-order valence-electron chi connectivity index (χ3n) is 2.65. The first kappa shape index (κ1) is 14.4. The van der Waals surface area contributed by atoms with Crippen LogP contribution in [-0.2, 0) is 13.2 Å². The van der Waals surface area contributed by atoms with Gasteiger partial charge in [-0.1, -0.05) is 24.2 Å². The number of benzene rings is 1. The maximum absolute atomic E-state index is 5.73. The molecule has 0 aliphatic heterocycles. The number of nitrogens with zero attached hydrogens (tertiary/aromatic N) is 1. The monoisotopic (exact) mass is 276 g/mol. The first-order valence-electron chi connectivity index (χ1n) is 6.77. The summed E-state index contributed by atoms with van der Waals surface area (Å²) in [6.45, 7) is 3.76. The summed E-state index contributed by atoms with van der Waals surface area (Å²) in [5.74, 6) is 2.16. The Morgan fingerprint density at radius 2 is 1.95 bits per heavy atom. The number of ether oxygens (including phenoxy) is 2. The minimum Gasteiger partial charge on any atom is -0.490 e. The van der Waals surface area contributed by atoms with Gasteiger partial charge in [0.15, 0.2) is 17.3 Å². The van der Waals surface area contributed by atoms with Crippen molar-refractivity contribution < 1.29 is 14.0 Å². The van der Waals surface area contributed by atoms with Gasteiger partial charge in [0, 0.05) is 12.6 Å². The summed E-state index contributed by atoms with van der Waals surface area (Å²) in [6, 6.07) is 9.51. The van der Waals surface area contributed by atoms with E-state index < -0.39 is 0 Å². The molecule has 0 atom stereocenters. The molecule has 2 rings (SSSR count). The molecule has 0 fully saturated rings. The minimum absolute atomic E-state index is 0.337. The molecule has 20 heavy (non-hydrogen) atoms. The highest BCUT2D eigenvalue weighted by molar-refractivity contribution is 5.39. The predicted molar refractivity (Wildman–Crippen MR) is 75.8 cm³/mol. The average molecular weight is 276 g/mol. The van der Waals surface area contributed by atoms with Crippen molar-refractivity contribution in [1.29, 1.82) is 0 Å². The largest absolute Gasteiger partial charge is 0.490 e. The van der Waals surface area contributed by atoms with E-state index in [0.29, 0.717) is 31.3 Å². The van der Waals surface area contributed by atoms with E-state index in [1.54, 1.807) is 0 Å². The highest BCUT2D eigenvalue weighted by atomic mass is 16.5. The summed E-state index contributed by atoms with van der Waals surface area (Å²) in [5, 5.41) is 6.96. The van der Waals surface area contributed by atoms with Gasteiger partial charge in [0.1, 0.15) is 6.61 Å². The number of hydrogen-bond acceptors (Lipinski definition) is 5. The fourth-order valence-corrected chi connectivity index (χ4v) is 1.74. The van der Waals surface area contributed by atoms with Crippen molar-refractivity contribution >= 4 is 0 Å². The molecule has 2 aromatic rings. The molecule has 1 heterocycles. The summed E-state index contributed by atoms with van der Waals surface area (Å²) in [6.07, 6.45) is 0.962. The molecule has 5 nitrogen and oxygen atoms in total. The Kier molecular flexibility index (Phi) is 5.43. The van der Waals surface area contributed by atoms with Crippen molar-refractivity contribution in [3.05, 3.63) is 41.8 Å². The van der Waals surface area contributed by atoms with Gasteiger partial charge in [-0.25, -0.2) is 0 Å². The second-order valence-electron chi connectivity index (χ2n) is 4.40. The molecule has 0 unspecified atom stereocenters. The van der Waals surface area contributed by atoms with Crippen molar-refractivity contribution in [3.8, 4) is 11.5 Å². The number of aromatic nitrogens is 1. The van der Waals surface area contributed by atoms with Gasteiger partial charge in [-0.3, -0.25) is 0 Å². The molecule has 0 aliphatic carbocycles. The van der Waals surface area contributed by atoms with Crippen LogP contribution in [0.2, 0.25) is 0 Å². The van der Waals surface area contributed by atoms with Crippen LogP contribution in [0.15, 0.2) is 34.9 Å². The number of nitrogens with one attached hydrogen (secondary N) is 1. The zero-order valence-electron chi connectivity index (χ0n) is 11.9. The van der Waals surface area contributed by atoms with Crippen LogP contribution in [-0.4, -0.2) is 18.8 Å². The third kappa shape index (κ3) is 3.99. The van der Waals surface area contributed by atoms with Gasteiger partial charge in [0.2, 0.25) is 0 Å². The smallest absolute Gasteiger partial charge is 0.174 e. The van der Waals surface area contributed by atoms with Gasteiger partial charge in [-0.2, -0.15) is 0 Å². The van der Waals surface area contributed by atoms with E-state index in [9.17, 15) is 0 Å². The SMILES string of the molecule is CCCOc1ccccc1OCc1cc(CNC)no1. The van der Waals surface area contributed by atoms with E-state index in [1.807, 2.05) is 37.4 Å². The van der Waals surface area contributed by atoms with Crippen molar-refractivity contribution in [3.63, 3.8) is 0 Å². The molecule has 5 heteroatoms. The standard InChI is InChI=1S/C15H20N2O3/c1-3-8-18-14-6-4-5-7-15(14)19-11-13-9-12(10-16-2)17-20-13/h4-7,9,16H,3,8,10-11H2,1-2H3. The lowest BCUT2D eigenvalue weighted by atomic mass is 10.3. The highest BCUT2D eigenvalue weighted by Crippen LogP contribution is 2.27. The Bertz CT molecular complexity index is 525. The van der Waals surface area contributed by atoms with E-state index in [-0.39, 0.29) is 0 Å². The summed E-state index contributed by atoms with van der Waals surface area (Å²) in [5.41, 5.74) is 0.863. The molecular formula is C15H20N2O3. The fourth-order valence-electron chi connectivity index (χ4n) is 1.74. The fraction of sp³-hybridized carbons (Fsp3) is 0.400. The quantitative estimate of drug-likeness (QED) is 0.803. The van der Waals surface area contributed by atoms with Crippen molar-refractivity contribution in [1.82, 2.24) is 10.5 Å². The maximum atomic E-state index is 5.73. The lowest BCUT2D eigenvalue weighted by Crippen LogP contribution is -2.04. The molecule has 1 N–H and O–H groups in total. The molecule has 0 spiro atoms. The number of rotatable bonds is 8. The normalized spacial score (nSPS) is 10.5. The van der Waals surface area contributed by atoms with E-state index in [1.165, 1.54) is 0 Å². The summed E-state index contributed by atoms with van der Waals surface area (Å²) in [4.78, 5) is 0. The lowest BCUT2D eigenvalue weighted by Gasteiger charge is -2.10. The Morgan fingerprint density at radius 3 is 2.65 bits per heavy atom. The van der Waals surface area contributed by atoms with Crippen LogP contribution in [0.3, 0.4) is 0 Å². The zero-order chi connectivity index (χ0) is 14.2. The first-order valence-corrected chi connectivity index (χ1v) is 6.77. The Labute approximate surface area is 118 Å². The van der Waals surface area contributed by atoms with Gasteiger partial charge >= 0.3 is 0 Å². The van der Waals surface area contributed by atoms with Gasteiger partial charge in [-0.05, 0) is 25.6 Å². The number of hydrogen-bond donors (Lipinski definition) is 1. The van der Waals surface area contributed by atoms with Crippen LogP contribution >= 0.6 is 0 Å². The van der Waals surface area contributed by atoms with Crippen molar-refractivity contribution in [2.45, 2.75) is 26.5 Å². The molecule has 1 aromatic carbocycles. The van der Waals surface area contributed by atoms with Gasteiger partial charge in [-0.15, -0.1) is 0 Å². The van der Waals surface area contributed by atoms with Crippen molar-refractivity contribution in [2.75, 3.05) is 13.7 Å². The van der Waals surface area contributed by atoms with Crippen LogP contribution in [0.1, 0.15) is 24.8 Å². The summed E-state index contributed by atoms with van der Waals surface area (Å²) in [7, 11) is 1.87. The zero-order valence-corrected chi connectivity index (χ0v) is 11.9. The lowest BCUT2D eigenvalue weighted by molar-refractivity contribution is 0.230. The predicted octanol–water partition coefficient (Wildman–Crippen LogP) is 2.76. The molecule has 0 amide bonds. The van der Waals surface area contributed by atoms with E-state index >= 15 is 0 Å². The van der Waals surface area contributed by atoms with Crippen LogP contribution in [0.25, 0.3) is 0 Å². The minimum atomic E-state index is 0.337. The van der Waals surface area contributed by atoms with Gasteiger partial charge in [0.05, 0.1) is 12.3 Å². The van der Waals surface area contributed by atoms with E-state index in [2.05, 4.69) is 17.4 Å². The molecular weight excluding hydrogens is 256 g/mol. The molecule has 1 aromatic heterocycles. The van der Waals surface area contributed by atoms with Gasteiger partial charge in [0.25, 0.3) is 0 Å². The van der Waals surface area contributed by atoms with Crippen molar-refractivity contribution in [2.24, 2.45) is 0 Å². The van der Waals surface area contributed by atoms with E-state index in [0.717, 1.165) is 17.9 Å². The van der Waals surface area contributed by atoms with Gasteiger partial charge < -0.3 is 19.3 Å². The topological polar surface area (TPSA) is 56.5 Å². The number of para-hydroxylation sites is 2. The van der Waals surface area contributed by atoms with Crippen LogP contribution in [0.4, 0.5) is 0 Å². The summed E-state index contributed by atoms with van der Waals surface area (Å²) < 4.78 is 16.6. The first-order chi connectivity index (χ1) is 9.83. The molecule has 0 saturated carbocycles. The third-order valence-corrected chi connectivity index (χ3v) is 2.65. The Hall–Kier alpha value is -2.01. The second kappa shape index (κ2) is 7.55. The van der Waals surface area contributed by atoms with E-state index in [4.69, 9.17) is 14.0 Å². The van der Waals surface area contributed by atoms with Crippen LogP contribution < -0.4 is 14.8 Å². The molecule has 0 aliphatic rings. The average Bonchev–Trinajstić information content (AvgIpc) is 2.92.